The lowest BCUT2D eigenvalue weighted by Gasteiger charge is -2.03. The maximum Gasteiger partial charge on any atom is 0.342 e. The quantitative estimate of drug-likeness (QED) is 0.858. The summed E-state index contributed by atoms with van der Waals surface area (Å²) < 4.78 is 15.4. The Kier molecular flexibility index (Phi) is 4.25. The monoisotopic (exact) mass is 272 g/mol. The molecule has 20 heavy (non-hydrogen) atoms. The minimum atomic E-state index is -0.390. The largest absolute Gasteiger partial charge is 0.497 e. The Bertz CT molecular complexity index is 666. The fourth-order valence-corrected chi connectivity index (χ4v) is 1.74. The molecule has 2 aromatic rings. The molecule has 0 spiro atoms. The maximum atomic E-state index is 11.6. The van der Waals surface area contributed by atoms with Crippen LogP contribution in [0.5, 0.6) is 11.5 Å². The Morgan fingerprint density at radius 2 is 1.75 bits per heavy atom. The highest BCUT2D eigenvalue weighted by Crippen LogP contribution is 2.18. The van der Waals surface area contributed by atoms with Gasteiger partial charge in [0.1, 0.15) is 17.3 Å². The lowest BCUT2D eigenvalue weighted by Crippen LogP contribution is -2.05. The first-order valence-corrected chi connectivity index (χ1v) is 6.15. The molecule has 4 nitrogen and oxygen atoms in total. The lowest BCUT2D eigenvalue weighted by atomic mass is 10.2. The zero-order valence-electron chi connectivity index (χ0n) is 11.7. The Morgan fingerprint density at radius 1 is 1.05 bits per heavy atom. The summed E-state index contributed by atoms with van der Waals surface area (Å²) in [6, 6.07) is 9.26. The number of benzene rings is 1. The van der Waals surface area contributed by atoms with E-state index >= 15 is 0 Å². The van der Waals surface area contributed by atoms with Crippen molar-refractivity contribution in [1.82, 2.24) is 0 Å². The van der Waals surface area contributed by atoms with Crippen LogP contribution in [0, 0.1) is 6.92 Å². The van der Waals surface area contributed by atoms with Crippen molar-refractivity contribution in [3.63, 3.8) is 0 Å². The average Bonchev–Trinajstić information content (AvgIpc) is 2.48. The molecule has 1 heterocycles. The predicted octanol–water partition coefficient (Wildman–Crippen LogP) is 3.14. The maximum absolute atomic E-state index is 11.6. The fourth-order valence-electron chi connectivity index (χ4n) is 1.74. The van der Waals surface area contributed by atoms with Gasteiger partial charge in [0, 0.05) is 6.07 Å². The number of hydrogen-bond acceptors (Lipinski definition) is 4. The van der Waals surface area contributed by atoms with E-state index in [4.69, 9.17) is 13.9 Å². The van der Waals surface area contributed by atoms with Gasteiger partial charge in [-0.2, -0.15) is 0 Å². The summed E-state index contributed by atoms with van der Waals surface area (Å²) in [7, 11) is 3.15. The Hall–Kier alpha value is -2.49. The van der Waals surface area contributed by atoms with Crippen molar-refractivity contribution in [3.8, 4) is 11.5 Å². The van der Waals surface area contributed by atoms with Gasteiger partial charge in [0.05, 0.1) is 19.8 Å². The molecule has 0 radical (unpaired) electrons. The molecule has 0 saturated heterocycles. The third kappa shape index (κ3) is 3.09. The molecule has 0 fully saturated rings. The van der Waals surface area contributed by atoms with E-state index in [1.165, 1.54) is 7.11 Å². The minimum absolute atomic E-state index is 0.390. The van der Waals surface area contributed by atoms with E-state index in [2.05, 4.69) is 0 Å². The van der Waals surface area contributed by atoms with Crippen LogP contribution in [0.25, 0.3) is 12.2 Å². The first-order valence-electron chi connectivity index (χ1n) is 6.15. The zero-order chi connectivity index (χ0) is 14.5. The van der Waals surface area contributed by atoms with Crippen molar-refractivity contribution >= 4 is 12.2 Å². The van der Waals surface area contributed by atoms with Crippen LogP contribution < -0.4 is 15.1 Å². The van der Waals surface area contributed by atoms with Gasteiger partial charge in [0.2, 0.25) is 0 Å². The highest BCUT2D eigenvalue weighted by atomic mass is 16.5. The smallest absolute Gasteiger partial charge is 0.342 e. The van der Waals surface area contributed by atoms with Crippen molar-refractivity contribution in [2.24, 2.45) is 0 Å². The van der Waals surface area contributed by atoms with E-state index in [9.17, 15) is 4.79 Å². The highest BCUT2D eigenvalue weighted by molar-refractivity contribution is 5.68. The van der Waals surface area contributed by atoms with E-state index in [1.54, 1.807) is 26.2 Å². The minimum Gasteiger partial charge on any atom is -0.497 e. The van der Waals surface area contributed by atoms with Gasteiger partial charge < -0.3 is 13.9 Å². The molecule has 0 atom stereocenters. The molecule has 104 valence electrons. The molecule has 0 aliphatic heterocycles. The molecule has 0 N–H and O–H groups in total. The Morgan fingerprint density at radius 3 is 2.35 bits per heavy atom. The van der Waals surface area contributed by atoms with E-state index < -0.39 is 5.63 Å². The summed E-state index contributed by atoms with van der Waals surface area (Å²) in [5.74, 6) is 1.77. The molecule has 1 aromatic carbocycles. The van der Waals surface area contributed by atoms with Crippen molar-refractivity contribution in [2.45, 2.75) is 6.92 Å². The first-order chi connectivity index (χ1) is 9.63. The van der Waals surface area contributed by atoms with Crippen LogP contribution in [0.1, 0.15) is 16.9 Å². The van der Waals surface area contributed by atoms with Gasteiger partial charge in [-0.3, -0.25) is 0 Å². The molecule has 2 rings (SSSR count). The second-order valence-corrected chi connectivity index (χ2v) is 4.24. The van der Waals surface area contributed by atoms with Crippen LogP contribution in [0.15, 0.2) is 39.5 Å². The van der Waals surface area contributed by atoms with Crippen LogP contribution in [0.3, 0.4) is 0 Å². The topological polar surface area (TPSA) is 48.7 Å². The van der Waals surface area contributed by atoms with Crippen LogP contribution in [0.2, 0.25) is 0 Å². The SMILES string of the molecule is COc1ccc(/C=C/c2cc(OC)c(C)c(=O)o2)cc1. The summed E-state index contributed by atoms with van der Waals surface area (Å²) in [6.45, 7) is 1.67. The fraction of sp³-hybridized carbons (Fsp3) is 0.188. The van der Waals surface area contributed by atoms with Crippen LogP contribution in [0.4, 0.5) is 0 Å². The summed E-state index contributed by atoms with van der Waals surface area (Å²) >= 11 is 0. The summed E-state index contributed by atoms with van der Waals surface area (Å²) in [4.78, 5) is 11.6. The molecule has 0 unspecified atom stereocenters. The molecule has 0 aliphatic carbocycles. The number of rotatable bonds is 4. The molecule has 1 aromatic heterocycles. The van der Waals surface area contributed by atoms with Crippen LogP contribution in [-0.4, -0.2) is 14.2 Å². The molecular weight excluding hydrogens is 256 g/mol. The summed E-state index contributed by atoms with van der Waals surface area (Å²) in [5, 5.41) is 0. The van der Waals surface area contributed by atoms with Crippen molar-refractivity contribution in [2.75, 3.05) is 14.2 Å². The number of methoxy groups -OCH3 is 2. The molecule has 0 bridgehead atoms. The molecular formula is C16H16O4. The van der Waals surface area contributed by atoms with Gasteiger partial charge in [-0.1, -0.05) is 18.2 Å². The third-order valence-electron chi connectivity index (χ3n) is 2.94. The van der Waals surface area contributed by atoms with E-state index in [0.29, 0.717) is 17.1 Å². The predicted molar refractivity (Wildman–Crippen MR) is 78.2 cm³/mol. The summed E-state index contributed by atoms with van der Waals surface area (Å²) in [6.07, 6.45) is 3.58. The van der Waals surface area contributed by atoms with Crippen molar-refractivity contribution in [1.29, 1.82) is 0 Å². The van der Waals surface area contributed by atoms with Gasteiger partial charge in [-0.25, -0.2) is 4.79 Å². The molecule has 4 heteroatoms. The zero-order valence-corrected chi connectivity index (χ0v) is 11.7. The van der Waals surface area contributed by atoms with Gasteiger partial charge in [-0.15, -0.1) is 0 Å². The first kappa shape index (κ1) is 13.9. The summed E-state index contributed by atoms with van der Waals surface area (Å²) in [5.41, 5.74) is 1.06. The van der Waals surface area contributed by atoms with Crippen molar-refractivity contribution in [3.05, 3.63) is 57.6 Å². The van der Waals surface area contributed by atoms with Crippen LogP contribution in [-0.2, 0) is 0 Å². The average molecular weight is 272 g/mol. The van der Waals surface area contributed by atoms with E-state index in [0.717, 1.165) is 11.3 Å². The third-order valence-corrected chi connectivity index (χ3v) is 2.94. The Labute approximate surface area is 117 Å². The van der Waals surface area contributed by atoms with Gasteiger partial charge >= 0.3 is 5.63 Å². The molecule has 0 saturated carbocycles. The van der Waals surface area contributed by atoms with Crippen LogP contribution >= 0.6 is 0 Å². The van der Waals surface area contributed by atoms with E-state index in [1.807, 2.05) is 30.3 Å². The van der Waals surface area contributed by atoms with Crippen molar-refractivity contribution < 1.29 is 13.9 Å². The second-order valence-electron chi connectivity index (χ2n) is 4.24. The highest BCUT2D eigenvalue weighted by Gasteiger charge is 2.06. The standard InChI is InChI=1S/C16H16O4/c1-11-15(19-3)10-14(20-16(11)17)9-6-12-4-7-13(18-2)8-5-12/h4-10H,1-3H3/b9-6+. The normalized spacial score (nSPS) is 10.8. The number of ether oxygens (including phenoxy) is 2. The Balaban J connectivity index is 2.26. The van der Waals surface area contributed by atoms with Gasteiger partial charge in [0.25, 0.3) is 0 Å². The number of hydrogen-bond donors (Lipinski definition) is 0. The van der Waals surface area contributed by atoms with E-state index in [-0.39, 0.29) is 0 Å². The molecule has 0 aliphatic rings. The second kappa shape index (κ2) is 6.10. The van der Waals surface area contributed by atoms with Gasteiger partial charge in [-0.05, 0) is 30.7 Å². The lowest BCUT2D eigenvalue weighted by molar-refractivity contribution is 0.395. The van der Waals surface area contributed by atoms with Gasteiger partial charge in [0.15, 0.2) is 0 Å². The molecule has 0 amide bonds.